The van der Waals surface area contributed by atoms with E-state index in [0.717, 1.165) is 12.2 Å². The lowest BCUT2D eigenvalue weighted by Crippen LogP contribution is -2.23. The predicted octanol–water partition coefficient (Wildman–Crippen LogP) is 3.00. The number of hydrogen-bond acceptors (Lipinski definition) is 2. The van der Waals surface area contributed by atoms with Crippen LogP contribution in [-0.2, 0) is 5.41 Å². The normalized spacial score (nSPS) is 17.9. The van der Waals surface area contributed by atoms with Crippen molar-refractivity contribution in [2.75, 3.05) is 6.54 Å². The highest BCUT2D eigenvalue weighted by molar-refractivity contribution is 5.22. The van der Waals surface area contributed by atoms with Crippen molar-refractivity contribution in [3.63, 3.8) is 0 Å². The standard InChI is InChI=1S/C14H25N3/c1-10-12(11-6-4-5-7-11)17-13(16-10)14(2,3)8-9-15/h11H,4-9,15H2,1-3H3,(H,16,17). The Hall–Kier alpha value is -0.830. The summed E-state index contributed by atoms with van der Waals surface area (Å²) in [5, 5.41) is 0. The molecule has 0 unspecified atom stereocenters. The fraction of sp³-hybridized carbons (Fsp3) is 0.786. The molecule has 1 aromatic rings. The summed E-state index contributed by atoms with van der Waals surface area (Å²) >= 11 is 0. The molecule has 0 spiro atoms. The molecule has 1 aliphatic rings. The molecule has 0 bridgehead atoms. The molecule has 0 radical (unpaired) electrons. The molecule has 17 heavy (non-hydrogen) atoms. The van der Waals surface area contributed by atoms with Crippen molar-refractivity contribution in [2.45, 2.75) is 64.2 Å². The van der Waals surface area contributed by atoms with Gasteiger partial charge in [-0.3, -0.25) is 0 Å². The average molecular weight is 235 g/mol. The van der Waals surface area contributed by atoms with Crippen LogP contribution in [0.3, 0.4) is 0 Å². The number of rotatable bonds is 4. The van der Waals surface area contributed by atoms with Crippen molar-refractivity contribution in [1.82, 2.24) is 9.97 Å². The maximum absolute atomic E-state index is 5.68. The molecule has 3 nitrogen and oxygen atoms in total. The number of nitrogens with zero attached hydrogens (tertiary/aromatic N) is 1. The van der Waals surface area contributed by atoms with E-state index < -0.39 is 0 Å². The van der Waals surface area contributed by atoms with Gasteiger partial charge < -0.3 is 10.7 Å². The fourth-order valence-electron chi connectivity index (χ4n) is 2.87. The first-order chi connectivity index (χ1) is 8.04. The lowest BCUT2D eigenvalue weighted by Gasteiger charge is -2.20. The number of imidazole rings is 1. The Kier molecular flexibility index (Phi) is 3.57. The van der Waals surface area contributed by atoms with E-state index >= 15 is 0 Å². The summed E-state index contributed by atoms with van der Waals surface area (Å²) in [6, 6.07) is 0. The van der Waals surface area contributed by atoms with Crippen molar-refractivity contribution in [3.05, 3.63) is 17.2 Å². The molecule has 0 aromatic carbocycles. The summed E-state index contributed by atoms with van der Waals surface area (Å²) in [6.45, 7) is 7.31. The first-order valence-electron chi connectivity index (χ1n) is 6.81. The molecule has 1 aliphatic carbocycles. The van der Waals surface area contributed by atoms with Crippen LogP contribution in [0.2, 0.25) is 0 Å². The molecule has 0 amide bonds. The van der Waals surface area contributed by atoms with E-state index in [9.17, 15) is 0 Å². The van der Waals surface area contributed by atoms with Crippen LogP contribution in [0.25, 0.3) is 0 Å². The average Bonchev–Trinajstić information content (AvgIpc) is 2.85. The van der Waals surface area contributed by atoms with Gasteiger partial charge in [0.15, 0.2) is 0 Å². The predicted molar refractivity (Wildman–Crippen MR) is 71.2 cm³/mol. The third-order valence-corrected chi connectivity index (χ3v) is 4.07. The van der Waals surface area contributed by atoms with Crippen LogP contribution >= 0.6 is 0 Å². The van der Waals surface area contributed by atoms with E-state index in [1.807, 2.05) is 0 Å². The van der Waals surface area contributed by atoms with Crippen LogP contribution in [0.15, 0.2) is 0 Å². The van der Waals surface area contributed by atoms with Gasteiger partial charge >= 0.3 is 0 Å². The van der Waals surface area contributed by atoms with Gasteiger partial charge in [-0.15, -0.1) is 0 Å². The van der Waals surface area contributed by atoms with Gasteiger partial charge in [-0.2, -0.15) is 0 Å². The van der Waals surface area contributed by atoms with Gasteiger partial charge in [-0.05, 0) is 32.7 Å². The molecule has 1 heterocycles. The Balaban J connectivity index is 2.23. The minimum absolute atomic E-state index is 0.0658. The van der Waals surface area contributed by atoms with Crippen LogP contribution in [0.5, 0.6) is 0 Å². The Labute approximate surface area is 104 Å². The smallest absolute Gasteiger partial charge is 0.112 e. The van der Waals surface area contributed by atoms with Crippen molar-refractivity contribution >= 4 is 0 Å². The number of hydrogen-bond donors (Lipinski definition) is 2. The van der Waals surface area contributed by atoms with E-state index in [1.54, 1.807) is 0 Å². The van der Waals surface area contributed by atoms with Crippen molar-refractivity contribution in [2.24, 2.45) is 5.73 Å². The van der Waals surface area contributed by atoms with Crippen molar-refractivity contribution in [3.8, 4) is 0 Å². The zero-order valence-corrected chi connectivity index (χ0v) is 11.3. The highest BCUT2D eigenvalue weighted by atomic mass is 15.0. The maximum Gasteiger partial charge on any atom is 0.112 e. The summed E-state index contributed by atoms with van der Waals surface area (Å²) in [6.07, 6.45) is 6.31. The largest absolute Gasteiger partial charge is 0.345 e. The molecule has 1 fully saturated rings. The molecule has 1 aromatic heterocycles. The molecule has 3 heteroatoms. The highest BCUT2D eigenvalue weighted by Gasteiger charge is 2.27. The van der Waals surface area contributed by atoms with E-state index in [0.29, 0.717) is 12.5 Å². The highest BCUT2D eigenvalue weighted by Crippen LogP contribution is 2.36. The zero-order valence-electron chi connectivity index (χ0n) is 11.3. The van der Waals surface area contributed by atoms with E-state index in [4.69, 9.17) is 10.7 Å². The van der Waals surface area contributed by atoms with Gasteiger partial charge in [0.05, 0.1) is 5.69 Å². The fourth-order valence-corrected chi connectivity index (χ4v) is 2.87. The molecule has 0 aliphatic heterocycles. The van der Waals surface area contributed by atoms with E-state index in [-0.39, 0.29) is 5.41 Å². The Morgan fingerprint density at radius 3 is 2.59 bits per heavy atom. The lowest BCUT2D eigenvalue weighted by atomic mass is 9.88. The number of aromatic nitrogens is 2. The topological polar surface area (TPSA) is 54.7 Å². The first kappa shape index (κ1) is 12.6. The maximum atomic E-state index is 5.68. The number of nitrogens with two attached hydrogens (primary N) is 1. The number of H-pyrrole nitrogens is 1. The molecular weight excluding hydrogens is 210 g/mol. The number of nitrogens with one attached hydrogen (secondary N) is 1. The monoisotopic (exact) mass is 235 g/mol. The zero-order chi connectivity index (χ0) is 12.5. The van der Waals surface area contributed by atoms with Crippen LogP contribution in [-0.4, -0.2) is 16.5 Å². The number of aromatic amines is 1. The van der Waals surface area contributed by atoms with Crippen LogP contribution in [0.4, 0.5) is 0 Å². The minimum Gasteiger partial charge on any atom is -0.345 e. The Morgan fingerprint density at radius 2 is 2.00 bits per heavy atom. The molecule has 0 saturated heterocycles. The van der Waals surface area contributed by atoms with Crippen LogP contribution in [0, 0.1) is 6.92 Å². The van der Waals surface area contributed by atoms with Gasteiger partial charge in [0.2, 0.25) is 0 Å². The van der Waals surface area contributed by atoms with Gasteiger partial charge in [0.1, 0.15) is 5.82 Å². The van der Waals surface area contributed by atoms with Gasteiger partial charge in [-0.25, -0.2) is 4.98 Å². The summed E-state index contributed by atoms with van der Waals surface area (Å²) < 4.78 is 0. The molecule has 96 valence electrons. The minimum atomic E-state index is 0.0658. The SMILES string of the molecule is Cc1[nH]c(C(C)(C)CCN)nc1C1CCCC1. The van der Waals surface area contributed by atoms with Crippen molar-refractivity contribution in [1.29, 1.82) is 0 Å². The first-order valence-corrected chi connectivity index (χ1v) is 6.81. The second-order valence-corrected chi connectivity index (χ2v) is 6.00. The van der Waals surface area contributed by atoms with Crippen LogP contribution in [0.1, 0.15) is 69.1 Å². The Bertz CT molecular complexity index is 373. The van der Waals surface area contributed by atoms with Crippen molar-refractivity contribution < 1.29 is 0 Å². The summed E-state index contributed by atoms with van der Waals surface area (Å²) in [5.74, 6) is 1.80. The van der Waals surface area contributed by atoms with Gasteiger partial charge in [0, 0.05) is 17.0 Å². The van der Waals surface area contributed by atoms with E-state index in [1.165, 1.54) is 37.1 Å². The van der Waals surface area contributed by atoms with Crippen LogP contribution < -0.4 is 5.73 Å². The molecule has 0 atom stereocenters. The molecular formula is C14H25N3. The summed E-state index contributed by atoms with van der Waals surface area (Å²) in [5.41, 5.74) is 8.31. The second kappa shape index (κ2) is 4.81. The molecule has 2 rings (SSSR count). The molecule has 3 N–H and O–H groups in total. The second-order valence-electron chi connectivity index (χ2n) is 6.00. The summed E-state index contributed by atoms with van der Waals surface area (Å²) in [7, 11) is 0. The van der Waals surface area contributed by atoms with Gasteiger partial charge in [-0.1, -0.05) is 26.7 Å². The molecule has 1 saturated carbocycles. The summed E-state index contributed by atoms with van der Waals surface area (Å²) in [4.78, 5) is 8.35. The lowest BCUT2D eigenvalue weighted by molar-refractivity contribution is 0.459. The van der Waals surface area contributed by atoms with Gasteiger partial charge in [0.25, 0.3) is 0 Å². The van der Waals surface area contributed by atoms with E-state index in [2.05, 4.69) is 25.8 Å². The third-order valence-electron chi connectivity index (χ3n) is 4.07. The third kappa shape index (κ3) is 2.54. The quantitative estimate of drug-likeness (QED) is 0.843. The Morgan fingerprint density at radius 1 is 1.35 bits per heavy atom. The number of aryl methyl sites for hydroxylation is 1.